The summed E-state index contributed by atoms with van der Waals surface area (Å²) in [6, 6.07) is 23.5. The van der Waals surface area contributed by atoms with Crippen LogP contribution in [0.25, 0.3) is 0 Å². The van der Waals surface area contributed by atoms with Crippen molar-refractivity contribution in [2.24, 2.45) is 0 Å². The minimum Gasteiger partial charge on any atom is -0.431 e. The Balaban J connectivity index is 2.44. The predicted octanol–water partition coefficient (Wildman–Crippen LogP) is 5.06. The molecule has 0 amide bonds. The molecule has 2 aromatic carbocycles. The van der Waals surface area contributed by atoms with Gasteiger partial charge in [-0.3, -0.25) is 9.05 Å². The third-order valence-electron chi connectivity index (χ3n) is 4.26. The second-order valence-electron chi connectivity index (χ2n) is 5.99. The lowest BCUT2D eigenvalue weighted by Gasteiger charge is -2.29. The van der Waals surface area contributed by atoms with Gasteiger partial charge in [0.1, 0.15) is 16.4 Å². The number of aryl methyl sites for hydroxylation is 1. The fourth-order valence-electron chi connectivity index (χ4n) is 3.23. The first kappa shape index (κ1) is 20.0. The first-order valence-corrected chi connectivity index (χ1v) is 13.1. The van der Waals surface area contributed by atoms with Gasteiger partial charge in [-0.25, -0.2) is 4.57 Å². The van der Waals surface area contributed by atoms with Crippen LogP contribution in [0.15, 0.2) is 77.2 Å². The van der Waals surface area contributed by atoms with E-state index >= 15 is 0 Å². The van der Waals surface area contributed by atoms with Gasteiger partial charge in [0.05, 0.1) is 13.2 Å². The Kier molecular flexibility index (Phi) is 6.34. The summed E-state index contributed by atoms with van der Waals surface area (Å²) in [6.45, 7) is 3.30. The molecule has 27 heavy (non-hydrogen) atoms. The van der Waals surface area contributed by atoms with Gasteiger partial charge in [0.15, 0.2) is 0 Å². The maximum atomic E-state index is 14.4. The van der Waals surface area contributed by atoms with Gasteiger partial charge in [0, 0.05) is 6.07 Å². The summed E-state index contributed by atoms with van der Waals surface area (Å²) in [4.78, 5) is 0. The Bertz CT molecular complexity index is 857. The Morgan fingerprint density at radius 1 is 0.815 bits per heavy atom. The third-order valence-corrected chi connectivity index (χ3v) is 14.0. The van der Waals surface area contributed by atoms with Crippen LogP contribution in [0.3, 0.4) is 0 Å². The minimum atomic E-state index is -3.60. The van der Waals surface area contributed by atoms with E-state index in [9.17, 15) is 4.57 Å². The molecule has 4 nitrogen and oxygen atoms in total. The van der Waals surface area contributed by atoms with Crippen LogP contribution in [0.5, 0.6) is 0 Å². The zero-order chi connectivity index (χ0) is 19.3. The number of furan rings is 1. The average molecular weight is 403 g/mol. The third kappa shape index (κ3) is 3.56. The lowest BCUT2D eigenvalue weighted by Crippen LogP contribution is -2.31. The van der Waals surface area contributed by atoms with E-state index in [4.69, 9.17) is 13.5 Å². The van der Waals surface area contributed by atoms with E-state index < -0.39 is 14.2 Å². The summed E-state index contributed by atoms with van der Waals surface area (Å²) in [5.41, 5.74) is 0.655. The molecule has 1 aromatic heterocycles. The van der Waals surface area contributed by atoms with Gasteiger partial charge in [0.25, 0.3) is 12.5 Å². The van der Waals surface area contributed by atoms with Crippen LogP contribution < -0.4 is 16.1 Å². The second kappa shape index (κ2) is 8.54. The van der Waals surface area contributed by atoms with E-state index in [-0.39, 0.29) is 0 Å². The quantitative estimate of drug-likeness (QED) is 0.493. The summed E-state index contributed by atoms with van der Waals surface area (Å²) >= 11 is 0. The summed E-state index contributed by atoms with van der Waals surface area (Å²) < 4.78 is 32.4. The van der Waals surface area contributed by atoms with Crippen molar-refractivity contribution in [3.63, 3.8) is 0 Å². The van der Waals surface area contributed by atoms with Gasteiger partial charge in [-0.15, -0.1) is 0 Å². The zero-order valence-electron chi connectivity index (χ0n) is 15.9. The SMILES string of the molecule is CCOP(=O)(OCC)[P+](c1ccccc1)(c1ccccc1)c1ccc(C)o1. The van der Waals surface area contributed by atoms with E-state index in [1.807, 2.05) is 93.6 Å². The fourth-order valence-corrected chi connectivity index (χ4v) is 13.0. The molecule has 0 aliphatic carbocycles. The highest BCUT2D eigenvalue weighted by Crippen LogP contribution is 2.87. The Morgan fingerprint density at radius 3 is 1.67 bits per heavy atom. The molecule has 0 aliphatic heterocycles. The monoisotopic (exact) mass is 403 g/mol. The summed E-state index contributed by atoms with van der Waals surface area (Å²) in [7, 11) is -3.60. The van der Waals surface area contributed by atoms with Crippen molar-refractivity contribution in [1.82, 2.24) is 0 Å². The summed E-state index contributed by atoms with van der Waals surface area (Å²) in [6.07, 6.45) is 0. The molecule has 142 valence electrons. The molecule has 0 N–H and O–H groups in total. The molecule has 3 aromatic rings. The lowest BCUT2D eigenvalue weighted by molar-refractivity contribution is 0.235. The van der Waals surface area contributed by atoms with Crippen molar-refractivity contribution >= 4 is 30.3 Å². The molecule has 0 fully saturated rings. The largest absolute Gasteiger partial charge is 0.488 e. The highest BCUT2D eigenvalue weighted by molar-refractivity contribution is 8.47. The molecule has 0 atom stereocenters. The minimum absolute atomic E-state index is 0.290. The van der Waals surface area contributed by atoms with Crippen LogP contribution >= 0.6 is 14.2 Å². The van der Waals surface area contributed by atoms with Crippen LogP contribution in [0.4, 0.5) is 0 Å². The smallest absolute Gasteiger partial charge is 0.431 e. The van der Waals surface area contributed by atoms with Crippen LogP contribution in [-0.4, -0.2) is 13.2 Å². The van der Waals surface area contributed by atoms with Crippen LogP contribution in [0, 0.1) is 6.92 Å². The normalized spacial score (nSPS) is 12.3. The highest BCUT2D eigenvalue weighted by atomic mass is 32.1. The second-order valence-corrected chi connectivity index (χ2v) is 13.5. The molecule has 0 saturated heterocycles. The van der Waals surface area contributed by atoms with Gasteiger partial charge in [-0.1, -0.05) is 36.4 Å². The van der Waals surface area contributed by atoms with Gasteiger partial charge >= 0.3 is 7.28 Å². The van der Waals surface area contributed by atoms with E-state index in [0.717, 1.165) is 16.4 Å². The molecule has 0 radical (unpaired) electrons. The molecule has 0 saturated carbocycles. The van der Waals surface area contributed by atoms with Crippen molar-refractivity contribution < 1.29 is 18.0 Å². The molecule has 0 bridgehead atoms. The van der Waals surface area contributed by atoms with E-state index in [1.165, 1.54) is 0 Å². The number of benzene rings is 2. The van der Waals surface area contributed by atoms with Crippen molar-refractivity contribution in [1.29, 1.82) is 0 Å². The Morgan fingerprint density at radius 2 is 1.30 bits per heavy atom. The molecule has 6 heteroatoms. The number of rotatable bonds is 8. The topological polar surface area (TPSA) is 48.7 Å². The standard InChI is InChI=1S/C21H25O4P2/c1-4-23-27(22,24-5-2)26(19-12-8-6-9-13-19,20-14-10-7-11-15-20)21-17-16-18(3)25-21/h6-17H,4-5H2,1-3H3/q+1. The maximum absolute atomic E-state index is 14.4. The predicted molar refractivity (Wildman–Crippen MR) is 113 cm³/mol. The molecule has 1 heterocycles. The van der Waals surface area contributed by atoms with Crippen LogP contribution in [0.2, 0.25) is 0 Å². The van der Waals surface area contributed by atoms with Gasteiger partial charge in [-0.2, -0.15) is 0 Å². The zero-order valence-corrected chi connectivity index (χ0v) is 17.7. The highest BCUT2D eigenvalue weighted by Gasteiger charge is 2.67. The average Bonchev–Trinajstić information content (AvgIpc) is 3.11. The van der Waals surface area contributed by atoms with Crippen LogP contribution in [0.1, 0.15) is 19.6 Å². The van der Waals surface area contributed by atoms with Crippen molar-refractivity contribution in [3.05, 3.63) is 78.6 Å². The maximum Gasteiger partial charge on any atom is 0.488 e. The first-order valence-electron chi connectivity index (χ1n) is 9.05. The molecular weight excluding hydrogens is 378 g/mol. The molecular formula is C21H25O4P2+. The Labute approximate surface area is 161 Å². The van der Waals surface area contributed by atoms with Gasteiger partial charge in [-0.05, 0) is 51.1 Å². The molecule has 0 unspecified atom stereocenters. The number of hydrogen-bond donors (Lipinski definition) is 0. The molecule has 3 rings (SSSR count). The van der Waals surface area contributed by atoms with Crippen molar-refractivity contribution in [3.8, 4) is 0 Å². The Hall–Kier alpha value is -1.70. The van der Waals surface area contributed by atoms with Gasteiger partial charge < -0.3 is 4.42 Å². The first-order chi connectivity index (χ1) is 13.1. The van der Waals surface area contributed by atoms with Crippen molar-refractivity contribution in [2.75, 3.05) is 13.2 Å². The van der Waals surface area contributed by atoms with Crippen LogP contribution in [-0.2, 0) is 13.6 Å². The lowest BCUT2D eigenvalue weighted by atomic mass is 10.4. The fraction of sp³-hybridized carbons (Fsp3) is 0.238. The van der Waals surface area contributed by atoms with Gasteiger partial charge in [0.2, 0.25) is 0 Å². The van der Waals surface area contributed by atoms with E-state index in [0.29, 0.717) is 18.7 Å². The molecule has 0 aliphatic rings. The summed E-state index contributed by atoms with van der Waals surface area (Å²) in [5.74, 6) is 0.765. The number of hydrogen-bond acceptors (Lipinski definition) is 4. The van der Waals surface area contributed by atoms with E-state index in [2.05, 4.69) is 0 Å². The summed E-state index contributed by atoms with van der Waals surface area (Å²) in [5, 5.41) is 1.83. The van der Waals surface area contributed by atoms with E-state index in [1.54, 1.807) is 0 Å². The van der Waals surface area contributed by atoms with Crippen molar-refractivity contribution in [2.45, 2.75) is 20.8 Å². The molecule has 0 spiro atoms.